The molecule has 1 aromatic heterocycles. The quantitative estimate of drug-likeness (QED) is 0.587. The molecule has 0 bridgehead atoms. The summed E-state index contributed by atoms with van der Waals surface area (Å²) in [5.41, 5.74) is 1.21. The number of aromatic hydroxyl groups is 2. The molecule has 1 aliphatic heterocycles. The van der Waals surface area contributed by atoms with Gasteiger partial charge in [-0.1, -0.05) is 12.1 Å². The van der Waals surface area contributed by atoms with Gasteiger partial charge in [-0.3, -0.25) is 9.47 Å². The third-order valence-corrected chi connectivity index (χ3v) is 5.60. The highest BCUT2D eigenvalue weighted by Crippen LogP contribution is 2.32. The Morgan fingerprint density at radius 3 is 2.38 bits per heavy atom. The molecule has 3 rings (SSSR count). The summed E-state index contributed by atoms with van der Waals surface area (Å²) in [7, 11) is 0. The molecule has 0 saturated carbocycles. The summed E-state index contributed by atoms with van der Waals surface area (Å²) in [4.78, 5) is 4.62. The first kappa shape index (κ1) is 24.1. The lowest BCUT2D eigenvalue weighted by atomic mass is 10.2. The minimum Gasteiger partial charge on any atom is -0.494 e. The van der Waals surface area contributed by atoms with Gasteiger partial charge in [0.1, 0.15) is 5.75 Å². The summed E-state index contributed by atoms with van der Waals surface area (Å²) in [6.45, 7) is 8.59. The lowest BCUT2D eigenvalue weighted by Gasteiger charge is -2.37. The second-order valence-corrected chi connectivity index (χ2v) is 8.43. The van der Waals surface area contributed by atoms with Gasteiger partial charge >= 0.3 is 6.18 Å². The fourth-order valence-electron chi connectivity index (χ4n) is 4.00. The Morgan fingerprint density at radius 1 is 1.03 bits per heavy atom. The molecule has 1 saturated heterocycles. The number of benzene rings is 1. The standard InChI is InChI=1S/C23H32F3N3O3/c1-17(2)32-20-7-4-3-6-19(20)28-14-12-27(13-15-28)10-5-11-29-21(30)16-18(22(29)31)8-9-23(24,25)26/h3-4,6-7,16-17,30-31H,5,8-15H2,1-2H3. The highest BCUT2D eigenvalue weighted by atomic mass is 19.4. The monoisotopic (exact) mass is 455 g/mol. The number of nitrogens with zero attached hydrogens (tertiary/aromatic N) is 3. The van der Waals surface area contributed by atoms with E-state index in [-0.39, 0.29) is 29.8 Å². The molecule has 2 N–H and O–H groups in total. The van der Waals surface area contributed by atoms with Crippen LogP contribution >= 0.6 is 0 Å². The zero-order valence-electron chi connectivity index (χ0n) is 18.6. The lowest BCUT2D eigenvalue weighted by molar-refractivity contribution is -0.134. The van der Waals surface area contributed by atoms with E-state index in [0.29, 0.717) is 13.0 Å². The number of halogens is 3. The predicted molar refractivity (Wildman–Crippen MR) is 118 cm³/mol. The molecule has 9 heteroatoms. The average molecular weight is 456 g/mol. The fourth-order valence-corrected chi connectivity index (χ4v) is 4.00. The number of ether oxygens (including phenoxy) is 1. The highest BCUT2D eigenvalue weighted by molar-refractivity contribution is 5.58. The molecule has 2 heterocycles. The van der Waals surface area contributed by atoms with Crippen LogP contribution in [0.5, 0.6) is 17.5 Å². The van der Waals surface area contributed by atoms with Crippen LogP contribution in [-0.2, 0) is 13.0 Å². The van der Waals surface area contributed by atoms with Crippen molar-refractivity contribution < 1.29 is 28.1 Å². The number of para-hydroxylation sites is 2. The van der Waals surface area contributed by atoms with E-state index in [0.717, 1.165) is 44.2 Å². The molecule has 0 radical (unpaired) electrons. The summed E-state index contributed by atoms with van der Waals surface area (Å²) in [6.07, 6.45) is -4.90. The Balaban J connectivity index is 1.48. The van der Waals surface area contributed by atoms with E-state index < -0.39 is 12.6 Å². The van der Waals surface area contributed by atoms with Crippen LogP contribution in [-0.4, -0.2) is 64.7 Å². The van der Waals surface area contributed by atoms with Gasteiger partial charge in [-0.25, -0.2) is 0 Å². The zero-order chi connectivity index (χ0) is 23.3. The van der Waals surface area contributed by atoms with Gasteiger partial charge in [0.2, 0.25) is 0 Å². The first-order valence-corrected chi connectivity index (χ1v) is 11.0. The van der Waals surface area contributed by atoms with Crippen LogP contribution in [0.4, 0.5) is 18.9 Å². The predicted octanol–water partition coefficient (Wildman–Crippen LogP) is 4.39. The molecule has 1 aliphatic rings. The number of alkyl halides is 3. The lowest BCUT2D eigenvalue weighted by Crippen LogP contribution is -2.46. The molecule has 0 atom stereocenters. The van der Waals surface area contributed by atoms with Crippen LogP contribution in [0.2, 0.25) is 0 Å². The van der Waals surface area contributed by atoms with E-state index in [1.807, 2.05) is 32.0 Å². The van der Waals surface area contributed by atoms with Gasteiger partial charge in [0.25, 0.3) is 0 Å². The molecule has 0 spiro atoms. The van der Waals surface area contributed by atoms with E-state index in [2.05, 4.69) is 15.9 Å². The molecule has 1 fully saturated rings. The van der Waals surface area contributed by atoms with Crippen LogP contribution in [0.3, 0.4) is 0 Å². The summed E-state index contributed by atoms with van der Waals surface area (Å²) >= 11 is 0. The SMILES string of the molecule is CC(C)Oc1ccccc1N1CCN(CCCn2c(O)cc(CCC(F)(F)F)c2O)CC1. The van der Waals surface area contributed by atoms with Gasteiger partial charge in [0.05, 0.1) is 11.8 Å². The second-order valence-electron chi connectivity index (χ2n) is 8.43. The van der Waals surface area contributed by atoms with Crippen LogP contribution in [0.25, 0.3) is 0 Å². The summed E-state index contributed by atoms with van der Waals surface area (Å²) in [6, 6.07) is 9.25. The van der Waals surface area contributed by atoms with E-state index in [4.69, 9.17) is 4.74 Å². The number of rotatable bonds is 9. The Labute approximate surface area is 186 Å². The van der Waals surface area contributed by atoms with E-state index in [1.54, 1.807) is 0 Å². The third kappa shape index (κ3) is 6.48. The average Bonchev–Trinajstić information content (AvgIpc) is 3.00. The van der Waals surface area contributed by atoms with Gasteiger partial charge in [0.15, 0.2) is 11.8 Å². The highest BCUT2D eigenvalue weighted by Gasteiger charge is 2.28. The van der Waals surface area contributed by atoms with Crippen molar-refractivity contribution in [2.75, 3.05) is 37.6 Å². The second kappa shape index (κ2) is 10.4. The van der Waals surface area contributed by atoms with Crippen molar-refractivity contribution >= 4 is 5.69 Å². The van der Waals surface area contributed by atoms with Crippen molar-refractivity contribution in [1.82, 2.24) is 9.47 Å². The van der Waals surface area contributed by atoms with E-state index >= 15 is 0 Å². The van der Waals surface area contributed by atoms with Crippen molar-refractivity contribution in [3.05, 3.63) is 35.9 Å². The van der Waals surface area contributed by atoms with Crippen molar-refractivity contribution in [3.63, 3.8) is 0 Å². The molecule has 0 unspecified atom stereocenters. The minimum absolute atomic E-state index is 0.105. The summed E-state index contributed by atoms with van der Waals surface area (Å²) < 4.78 is 44.5. The van der Waals surface area contributed by atoms with E-state index in [9.17, 15) is 23.4 Å². The summed E-state index contributed by atoms with van der Waals surface area (Å²) in [5, 5.41) is 20.2. The molecule has 0 aliphatic carbocycles. The van der Waals surface area contributed by atoms with Gasteiger partial charge < -0.3 is 19.8 Å². The van der Waals surface area contributed by atoms with Crippen molar-refractivity contribution in [2.45, 2.75) is 51.9 Å². The van der Waals surface area contributed by atoms with Gasteiger partial charge in [-0.15, -0.1) is 0 Å². The Kier molecular flexibility index (Phi) is 7.82. The first-order chi connectivity index (χ1) is 15.1. The number of anilines is 1. The minimum atomic E-state index is -4.30. The van der Waals surface area contributed by atoms with Crippen molar-refractivity contribution in [2.24, 2.45) is 0 Å². The number of aromatic nitrogens is 1. The number of aryl methyl sites for hydroxylation is 1. The Hall–Kier alpha value is -2.55. The fraction of sp³-hybridized carbons (Fsp3) is 0.565. The first-order valence-electron chi connectivity index (χ1n) is 11.0. The molecule has 32 heavy (non-hydrogen) atoms. The van der Waals surface area contributed by atoms with Crippen molar-refractivity contribution in [1.29, 1.82) is 0 Å². The normalized spacial score (nSPS) is 15.5. The topological polar surface area (TPSA) is 61.1 Å². The Morgan fingerprint density at radius 2 is 1.72 bits per heavy atom. The number of hydrogen-bond acceptors (Lipinski definition) is 5. The molecule has 6 nitrogen and oxygen atoms in total. The maximum Gasteiger partial charge on any atom is 0.389 e. The smallest absolute Gasteiger partial charge is 0.389 e. The van der Waals surface area contributed by atoms with Crippen molar-refractivity contribution in [3.8, 4) is 17.5 Å². The Bertz CT molecular complexity index is 875. The van der Waals surface area contributed by atoms with Gasteiger partial charge in [-0.2, -0.15) is 13.2 Å². The number of piperazine rings is 1. The maximum atomic E-state index is 12.4. The molecular formula is C23H32F3N3O3. The van der Waals surface area contributed by atoms with Crippen LogP contribution < -0.4 is 9.64 Å². The maximum absolute atomic E-state index is 12.4. The molecular weight excluding hydrogens is 423 g/mol. The summed E-state index contributed by atoms with van der Waals surface area (Å²) in [5.74, 6) is 0.403. The van der Waals surface area contributed by atoms with Crippen LogP contribution in [0.15, 0.2) is 30.3 Å². The molecule has 178 valence electrons. The van der Waals surface area contributed by atoms with E-state index in [1.165, 1.54) is 10.6 Å². The molecule has 0 amide bonds. The largest absolute Gasteiger partial charge is 0.494 e. The van der Waals surface area contributed by atoms with Crippen LogP contribution in [0, 0.1) is 0 Å². The van der Waals surface area contributed by atoms with Gasteiger partial charge in [0, 0.05) is 50.8 Å². The van der Waals surface area contributed by atoms with Crippen LogP contribution in [0.1, 0.15) is 32.3 Å². The molecule has 1 aromatic carbocycles. The zero-order valence-corrected chi connectivity index (χ0v) is 18.6. The van der Waals surface area contributed by atoms with Gasteiger partial charge in [-0.05, 0) is 45.4 Å². The molecule has 2 aromatic rings. The third-order valence-electron chi connectivity index (χ3n) is 5.60. The number of hydrogen-bond donors (Lipinski definition) is 2.